The van der Waals surface area contributed by atoms with Crippen molar-refractivity contribution in [2.24, 2.45) is 10.7 Å². The maximum absolute atomic E-state index is 10.6. The van der Waals surface area contributed by atoms with Crippen LogP contribution < -0.4 is 5.73 Å². The van der Waals surface area contributed by atoms with E-state index >= 15 is 0 Å². The molecule has 0 radical (unpaired) electrons. The van der Waals surface area contributed by atoms with Crippen molar-refractivity contribution in [2.45, 2.75) is 25.8 Å². The number of nitro groups is 1. The third kappa shape index (κ3) is 3.68. The van der Waals surface area contributed by atoms with Crippen molar-refractivity contribution in [1.29, 1.82) is 0 Å². The second kappa shape index (κ2) is 6.67. The molecule has 1 aliphatic rings. The van der Waals surface area contributed by atoms with Crippen molar-refractivity contribution in [3.8, 4) is 0 Å². The lowest BCUT2D eigenvalue weighted by atomic mass is 10.1. The summed E-state index contributed by atoms with van der Waals surface area (Å²) in [6.07, 6.45) is 1.65. The highest BCUT2D eigenvalue weighted by Crippen LogP contribution is 2.21. The quantitative estimate of drug-likeness (QED) is 0.668. The molecule has 0 saturated heterocycles. The number of non-ortho nitro benzene ring substituents is 1. The highest BCUT2D eigenvalue weighted by atomic mass is 32.2. The summed E-state index contributed by atoms with van der Waals surface area (Å²) >= 11 is 1.59. The van der Waals surface area contributed by atoms with Crippen molar-refractivity contribution in [3.05, 3.63) is 50.9 Å². The number of thioether (sulfide) groups is 1. The summed E-state index contributed by atoms with van der Waals surface area (Å²) in [5, 5.41) is 13.6. The fraction of sp³-hybridized carbons (Fsp3) is 0.357. The monoisotopic (exact) mass is 291 g/mol. The zero-order valence-corrected chi connectivity index (χ0v) is 12.1. The number of aliphatic imine (C=N–C) groups is 1. The average Bonchev–Trinajstić information content (AvgIpc) is 2.48. The zero-order valence-electron chi connectivity index (χ0n) is 11.3. The van der Waals surface area contributed by atoms with Gasteiger partial charge in [-0.2, -0.15) is 0 Å². The minimum absolute atomic E-state index is 0.0993. The average molecular weight is 291 g/mol. The summed E-state index contributed by atoms with van der Waals surface area (Å²) < 4.78 is 0. The third-order valence-electron chi connectivity index (χ3n) is 3.16. The molecule has 1 aromatic carbocycles. The Hall–Kier alpha value is -1.66. The first-order valence-corrected chi connectivity index (χ1v) is 7.36. The van der Waals surface area contributed by atoms with Gasteiger partial charge >= 0.3 is 0 Å². The Morgan fingerprint density at radius 1 is 1.45 bits per heavy atom. The molecule has 0 unspecified atom stereocenters. The first kappa shape index (κ1) is 14.7. The first-order valence-electron chi connectivity index (χ1n) is 6.48. The van der Waals surface area contributed by atoms with Gasteiger partial charge in [-0.1, -0.05) is 30.8 Å². The number of benzene rings is 1. The molecule has 0 fully saturated rings. The van der Waals surface area contributed by atoms with Crippen LogP contribution in [0, 0.1) is 10.1 Å². The van der Waals surface area contributed by atoms with Gasteiger partial charge in [0.05, 0.1) is 22.6 Å². The second-order valence-corrected chi connectivity index (χ2v) is 5.53. The van der Waals surface area contributed by atoms with E-state index in [2.05, 4.69) is 17.3 Å². The number of nitrogens with two attached hydrogens (primary N) is 1. The third-order valence-corrected chi connectivity index (χ3v) is 4.28. The molecule has 0 amide bonds. The van der Waals surface area contributed by atoms with E-state index in [1.165, 1.54) is 17.7 Å². The van der Waals surface area contributed by atoms with E-state index in [-0.39, 0.29) is 11.7 Å². The Morgan fingerprint density at radius 2 is 2.15 bits per heavy atom. The van der Waals surface area contributed by atoms with E-state index < -0.39 is 4.92 Å². The normalized spacial score (nSPS) is 16.3. The molecule has 0 aromatic heterocycles. The fourth-order valence-electron chi connectivity index (χ4n) is 1.89. The van der Waals surface area contributed by atoms with Gasteiger partial charge < -0.3 is 5.73 Å². The molecular weight excluding hydrogens is 274 g/mol. The highest BCUT2D eigenvalue weighted by molar-refractivity contribution is 8.16. The van der Waals surface area contributed by atoms with Crippen LogP contribution in [0.5, 0.6) is 0 Å². The van der Waals surface area contributed by atoms with Gasteiger partial charge in [0.15, 0.2) is 0 Å². The molecule has 2 N–H and O–H groups in total. The second-order valence-electron chi connectivity index (χ2n) is 4.64. The molecule has 5 nitrogen and oxygen atoms in total. The number of rotatable bonds is 5. The maximum Gasteiger partial charge on any atom is 0.269 e. The van der Waals surface area contributed by atoms with E-state index in [1.807, 2.05) is 0 Å². The van der Waals surface area contributed by atoms with Crippen LogP contribution in [0.1, 0.15) is 18.9 Å². The molecule has 106 valence electrons. The molecule has 6 heteroatoms. The number of hydrogen-bond acceptors (Lipinski definition) is 5. The Balaban J connectivity index is 1.96. The highest BCUT2D eigenvalue weighted by Gasteiger charge is 2.15. The van der Waals surface area contributed by atoms with E-state index in [0.717, 1.165) is 23.6 Å². The molecule has 1 atom stereocenters. The van der Waals surface area contributed by atoms with Gasteiger partial charge in [-0.3, -0.25) is 15.1 Å². The summed E-state index contributed by atoms with van der Waals surface area (Å²) in [7, 11) is 0. The predicted octanol–water partition coefficient (Wildman–Crippen LogP) is 2.90. The van der Waals surface area contributed by atoms with Crippen LogP contribution in [0.4, 0.5) is 5.69 Å². The van der Waals surface area contributed by atoms with E-state index in [0.29, 0.717) is 6.42 Å². The molecule has 1 heterocycles. The van der Waals surface area contributed by atoms with E-state index in [4.69, 9.17) is 5.73 Å². The van der Waals surface area contributed by atoms with Crippen molar-refractivity contribution in [3.63, 3.8) is 0 Å². The van der Waals surface area contributed by atoms with Gasteiger partial charge in [-0.15, -0.1) is 0 Å². The lowest BCUT2D eigenvalue weighted by molar-refractivity contribution is -0.384. The van der Waals surface area contributed by atoms with Gasteiger partial charge in [-0.25, -0.2) is 0 Å². The SMILES string of the molecule is CCC1=CSC([C@@H](N)Cc2ccc([N+](=O)[O-])cc2)=NC1. The summed E-state index contributed by atoms with van der Waals surface area (Å²) in [6.45, 7) is 2.84. The molecule has 0 saturated carbocycles. The van der Waals surface area contributed by atoms with Gasteiger partial charge in [0, 0.05) is 12.1 Å². The Morgan fingerprint density at radius 3 is 2.65 bits per heavy atom. The smallest absolute Gasteiger partial charge is 0.269 e. The number of hydrogen-bond donors (Lipinski definition) is 1. The fourth-order valence-corrected chi connectivity index (χ4v) is 2.82. The molecule has 0 aliphatic carbocycles. The predicted molar refractivity (Wildman–Crippen MR) is 83.0 cm³/mol. The minimum Gasteiger partial charge on any atom is -0.322 e. The van der Waals surface area contributed by atoms with E-state index in [9.17, 15) is 10.1 Å². The Kier molecular flexibility index (Phi) is 4.92. The number of nitrogens with zero attached hydrogens (tertiary/aromatic N) is 2. The van der Waals surface area contributed by atoms with E-state index in [1.54, 1.807) is 23.9 Å². The topological polar surface area (TPSA) is 81.5 Å². The van der Waals surface area contributed by atoms with Crippen LogP contribution >= 0.6 is 11.8 Å². The molecule has 2 rings (SSSR count). The van der Waals surface area contributed by atoms with Crippen LogP contribution in [0.15, 0.2) is 40.2 Å². The molecule has 20 heavy (non-hydrogen) atoms. The van der Waals surface area contributed by atoms with Crippen LogP contribution in [0.2, 0.25) is 0 Å². The van der Waals surface area contributed by atoms with Crippen LogP contribution in [-0.4, -0.2) is 22.6 Å². The van der Waals surface area contributed by atoms with Gasteiger partial charge in [0.1, 0.15) is 0 Å². The summed E-state index contributed by atoms with van der Waals surface area (Å²) in [5.41, 5.74) is 8.55. The minimum atomic E-state index is -0.401. The van der Waals surface area contributed by atoms with Crippen molar-refractivity contribution >= 4 is 22.5 Å². The zero-order chi connectivity index (χ0) is 14.5. The molecule has 0 bridgehead atoms. The molecule has 1 aromatic rings. The Bertz CT molecular complexity index is 552. The molecule has 1 aliphatic heterocycles. The lowest BCUT2D eigenvalue weighted by Crippen LogP contribution is -2.31. The van der Waals surface area contributed by atoms with Crippen LogP contribution in [0.3, 0.4) is 0 Å². The summed E-state index contributed by atoms with van der Waals surface area (Å²) in [6, 6.07) is 6.36. The standard InChI is InChI=1S/C14H17N3O2S/c1-2-10-8-16-14(20-9-10)13(15)7-11-3-5-12(6-4-11)17(18)19/h3-6,9,13H,2,7-8,15H2,1H3/t13-/m0/s1. The van der Waals surface area contributed by atoms with Gasteiger partial charge in [0.2, 0.25) is 0 Å². The molecular formula is C14H17N3O2S. The summed E-state index contributed by atoms with van der Waals surface area (Å²) in [5.74, 6) is 0. The lowest BCUT2D eigenvalue weighted by Gasteiger charge is -2.17. The molecule has 0 spiro atoms. The number of nitro benzene ring substituents is 1. The van der Waals surface area contributed by atoms with Crippen LogP contribution in [0.25, 0.3) is 0 Å². The van der Waals surface area contributed by atoms with Crippen molar-refractivity contribution in [1.82, 2.24) is 0 Å². The first-order chi connectivity index (χ1) is 9.60. The van der Waals surface area contributed by atoms with Crippen molar-refractivity contribution in [2.75, 3.05) is 6.54 Å². The van der Waals surface area contributed by atoms with Gasteiger partial charge in [-0.05, 0) is 29.4 Å². The van der Waals surface area contributed by atoms with Crippen molar-refractivity contribution < 1.29 is 4.92 Å². The van der Waals surface area contributed by atoms with Gasteiger partial charge in [0.25, 0.3) is 5.69 Å². The summed E-state index contributed by atoms with van der Waals surface area (Å²) in [4.78, 5) is 14.7. The largest absolute Gasteiger partial charge is 0.322 e. The van der Waals surface area contributed by atoms with Crippen LogP contribution in [-0.2, 0) is 6.42 Å². The Labute approximate surface area is 122 Å². The maximum atomic E-state index is 10.6.